The van der Waals surface area contributed by atoms with Gasteiger partial charge in [0, 0.05) is 0 Å². The van der Waals surface area contributed by atoms with Crippen molar-refractivity contribution in [2.75, 3.05) is 0 Å². The fourth-order valence-corrected chi connectivity index (χ4v) is 0. The normalized spacial score (nSPS) is 7.33. The summed E-state index contributed by atoms with van der Waals surface area (Å²) in [5.74, 6) is 0. The van der Waals surface area contributed by atoms with E-state index in [1.165, 1.54) is 0 Å². The van der Waals surface area contributed by atoms with Crippen molar-refractivity contribution in [2.24, 2.45) is 0 Å². The van der Waals surface area contributed by atoms with Gasteiger partial charge in [-0.3, -0.25) is 9.11 Å². The molecule has 0 atom stereocenters. The monoisotopic (exact) mass is 182 g/mol. The molecule has 0 aliphatic rings. The molecule has 0 radical (unpaired) electrons. The Balaban J connectivity index is -0.0000000800. The minimum atomic E-state index is -4.67. The maximum absolute atomic E-state index is 8.74. The molecular formula is CH3KO6S. The third-order valence-corrected chi connectivity index (χ3v) is 0. The first-order valence-corrected chi connectivity index (χ1v) is 2.50. The summed E-state index contributed by atoms with van der Waals surface area (Å²) >= 11 is 0. The molecule has 0 aromatic heterocycles. The van der Waals surface area contributed by atoms with Gasteiger partial charge < -0.3 is 0 Å². The molecule has 0 aromatic rings. The van der Waals surface area contributed by atoms with E-state index in [4.69, 9.17) is 27.1 Å². The third-order valence-electron chi connectivity index (χ3n) is 0. The average Bonchev–Trinajstić information content (AvgIpc) is 1.27. The first-order chi connectivity index (χ1) is 3.41. The quantitative estimate of drug-likeness (QED) is 0.335. The van der Waals surface area contributed by atoms with Gasteiger partial charge in [-0.15, -0.1) is 0 Å². The maximum atomic E-state index is 8.74. The van der Waals surface area contributed by atoms with Crippen molar-refractivity contribution in [1.29, 1.82) is 0 Å². The van der Waals surface area contributed by atoms with E-state index < -0.39 is 10.4 Å². The van der Waals surface area contributed by atoms with Crippen LogP contribution in [-0.2, 0) is 20.0 Å². The Morgan fingerprint density at radius 1 is 1.11 bits per heavy atom. The Hall–Kier alpha value is 0.886. The van der Waals surface area contributed by atoms with Crippen LogP contribution < -0.4 is 0 Å². The van der Waals surface area contributed by atoms with Crippen molar-refractivity contribution in [2.45, 2.75) is 0 Å². The van der Waals surface area contributed by atoms with E-state index in [1.54, 1.807) is 0 Å². The summed E-state index contributed by atoms with van der Waals surface area (Å²) in [5, 5.41) is 0. The molecule has 9 heavy (non-hydrogen) atoms. The van der Waals surface area contributed by atoms with Gasteiger partial charge in [0.05, 0.1) is 0 Å². The zero-order chi connectivity index (χ0) is 7.21. The summed E-state index contributed by atoms with van der Waals surface area (Å²) in [6.45, 7) is 0. The number of hydrogen-bond acceptors (Lipinski definition) is 4. The van der Waals surface area contributed by atoms with Gasteiger partial charge >= 0.3 is 67.9 Å². The molecule has 50 valence electrons. The molecular weight excluding hydrogens is 179 g/mol. The van der Waals surface area contributed by atoms with Crippen LogP contribution in [0.25, 0.3) is 0 Å². The molecule has 0 fully saturated rings. The van der Waals surface area contributed by atoms with E-state index in [9.17, 15) is 0 Å². The SMILES string of the molecule is O=C=O.O=S(=O)(O)O.[KH]. The zero-order valence-corrected chi connectivity index (χ0v) is 4.25. The van der Waals surface area contributed by atoms with E-state index in [0.717, 1.165) is 0 Å². The predicted molar refractivity (Wildman–Crippen MR) is 26.3 cm³/mol. The number of hydrogen-bond donors (Lipinski definition) is 2. The second-order valence-electron chi connectivity index (χ2n) is 0.531. The Kier molecular flexibility index (Phi) is 16.3. The molecule has 0 spiro atoms. The van der Waals surface area contributed by atoms with Crippen molar-refractivity contribution in [3.8, 4) is 0 Å². The van der Waals surface area contributed by atoms with Gasteiger partial charge in [0.2, 0.25) is 0 Å². The molecule has 8 heteroatoms. The Bertz CT molecular complexity index is 153. The van der Waals surface area contributed by atoms with Crippen LogP contribution in [0, 0.1) is 0 Å². The van der Waals surface area contributed by atoms with Gasteiger partial charge in [0.25, 0.3) is 0 Å². The standard InChI is InChI=1S/CO2.K.H2O4S.H/c2-1-3;;1-5(2,3)4;/h;;(H2,1,2,3,4);. The molecule has 0 aliphatic heterocycles. The Morgan fingerprint density at radius 2 is 1.11 bits per heavy atom. The van der Waals surface area contributed by atoms with E-state index in [0.29, 0.717) is 0 Å². The van der Waals surface area contributed by atoms with Gasteiger partial charge in [-0.25, -0.2) is 0 Å². The minimum absolute atomic E-state index is 0. The van der Waals surface area contributed by atoms with Crippen molar-refractivity contribution in [1.82, 2.24) is 0 Å². The fraction of sp³-hybridized carbons (Fsp3) is 0. The van der Waals surface area contributed by atoms with Gasteiger partial charge in [-0.2, -0.15) is 18.0 Å². The van der Waals surface area contributed by atoms with E-state index >= 15 is 0 Å². The predicted octanol–water partition coefficient (Wildman–Crippen LogP) is -1.88. The molecule has 0 unspecified atom stereocenters. The van der Waals surface area contributed by atoms with Crippen LogP contribution in [0.2, 0.25) is 0 Å². The second-order valence-corrected chi connectivity index (χ2v) is 1.43. The first-order valence-electron chi connectivity index (χ1n) is 1.11. The molecule has 0 aromatic carbocycles. The first kappa shape index (κ1) is 16.5. The molecule has 0 heterocycles. The van der Waals surface area contributed by atoms with Crippen LogP contribution in [0.15, 0.2) is 0 Å². The molecule has 0 rings (SSSR count). The van der Waals surface area contributed by atoms with Crippen molar-refractivity contribution in [3.63, 3.8) is 0 Å². The van der Waals surface area contributed by atoms with Crippen LogP contribution in [0.1, 0.15) is 0 Å². The molecule has 0 saturated heterocycles. The van der Waals surface area contributed by atoms with Crippen molar-refractivity contribution >= 4 is 67.9 Å². The summed E-state index contributed by atoms with van der Waals surface area (Å²) in [5.41, 5.74) is 0. The molecule has 0 bridgehead atoms. The number of rotatable bonds is 0. The molecule has 0 amide bonds. The third kappa shape index (κ3) is 536. The zero-order valence-electron chi connectivity index (χ0n) is 3.44. The summed E-state index contributed by atoms with van der Waals surface area (Å²) in [7, 11) is -4.67. The fourth-order valence-electron chi connectivity index (χ4n) is 0. The van der Waals surface area contributed by atoms with Crippen LogP contribution >= 0.6 is 0 Å². The van der Waals surface area contributed by atoms with E-state index in [1.807, 2.05) is 0 Å². The van der Waals surface area contributed by atoms with Crippen LogP contribution in [-0.4, -0.2) is 75.1 Å². The average molecular weight is 182 g/mol. The molecule has 0 aliphatic carbocycles. The molecule has 2 N–H and O–H groups in total. The topological polar surface area (TPSA) is 109 Å². The van der Waals surface area contributed by atoms with Gasteiger partial charge in [0.1, 0.15) is 0 Å². The summed E-state index contributed by atoms with van der Waals surface area (Å²) < 4.78 is 31.6. The summed E-state index contributed by atoms with van der Waals surface area (Å²) in [6.07, 6.45) is 0.250. The van der Waals surface area contributed by atoms with Crippen molar-refractivity contribution in [3.05, 3.63) is 0 Å². The van der Waals surface area contributed by atoms with E-state index in [-0.39, 0.29) is 57.5 Å². The Morgan fingerprint density at radius 3 is 1.11 bits per heavy atom. The number of carbonyl (C=O) groups excluding carboxylic acids is 2. The van der Waals surface area contributed by atoms with Crippen molar-refractivity contribution < 1.29 is 27.1 Å². The molecule has 6 nitrogen and oxygen atoms in total. The van der Waals surface area contributed by atoms with Crippen LogP contribution in [0.4, 0.5) is 0 Å². The van der Waals surface area contributed by atoms with Gasteiger partial charge in [0.15, 0.2) is 0 Å². The van der Waals surface area contributed by atoms with Gasteiger partial charge in [-0.1, -0.05) is 0 Å². The van der Waals surface area contributed by atoms with Gasteiger partial charge in [-0.05, 0) is 0 Å². The van der Waals surface area contributed by atoms with Crippen LogP contribution in [0.5, 0.6) is 0 Å². The Labute approximate surface area is 93.6 Å². The van der Waals surface area contributed by atoms with E-state index in [2.05, 4.69) is 0 Å². The van der Waals surface area contributed by atoms with Crippen LogP contribution in [0.3, 0.4) is 0 Å². The second kappa shape index (κ2) is 8.89. The molecule has 0 saturated carbocycles. The summed E-state index contributed by atoms with van der Waals surface area (Å²) in [6, 6.07) is 0. The summed E-state index contributed by atoms with van der Waals surface area (Å²) in [4.78, 5) is 16.2.